The Balaban J connectivity index is 2.28. The fourth-order valence-corrected chi connectivity index (χ4v) is 4.65. The van der Waals surface area contributed by atoms with E-state index in [4.69, 9.17) is 4.18 Å². The number of hydrogen-bond donors (Lipinski definition) is 0. The summed E-state index contributed by atoms with van der Waals surface area (Å²) in [5, 5.41) is 10.5. The van der Waals surface area contributed by atoms with Crippen LogP contribution in [0.15, 0.2) is 12.1 Å². The first-order valence-electron chi connectivity index (χ1n) is 7.17. The predicted octanol–water partition coefficient (Wildman–Crippen LogP) is 2.13. The molecule has 0 N–H and O–H groups in total. The molecule has 0 atom stereocenters. The Kier molecular flexibility index (Phi) is 3.75. The van der Waals surface area contributed by atoms with Gasteiger partial charge in [-0.15, -0.1) is 0 Å². The van der Waals surface area contributed by atoms with Crippen LogP contribution in [0.5, 0.6) is 5.75 Å². The lowest BCUT2D eigenvalue weighted by atomic mass is 9.82. The molecule has 1 aliphatic carbocycles. The summed E-state index contributed by atoms with van der Waals surface area (Å²) < 4.78 is 34.5. The third-order valence-corrected chi connectivity index (χ3v) is 6.13. The smallest absolute Gasteiger partial charge is 0.341 e. The Morgan fingerprint density at radius 2 is 1.96 bits per heavy atom. The first-order chi connectivity index (χ1) is 10.8. The molecule has 3 aliphatic rings. The number of nitro groups is 1. The average Bonchev–Trinajstić information content (AvgIpc) is 2.52. The number of ether oxygens (including phenoxy) is 1. The molecule has 0 radical (unpaired) electrons. The summed E-state index contributed by atoms with van der Waals surface area (Å²) in [4.78, 5) is 22.5. The minimum Gasteiger partial charge on any atom is -0.465 e. The van der Waals surface area contributed by atoms with Crippen LogP contribution in [0.25, 0.3) is 0 Å². The van der Waals surface area contributed by atoms with Crippen LogP contribution in [0, 0.1) is 10.1 Å². The van der Waals surface area contributed by atoms with Crippen molar-refractivity contribution in [1.29, 1.82) is 0 Å². The quantitative estimate of drug-likeness (QED) is 0.350. The van der Waals surface area contributed by atoms with Gasteiger partial charge in [0.05, 0.1) is 17.3 Å². The molecule has 1 fully saturated rings. The largest absolute Gasteiger partial charge is 0.465 e. The zero-order valence-electron chi connectivity index (χ0n) is 12.4. The van der Waals surface area contributed by atoms with Crippen molar-refractivity contribution in [1.82, 2.24) is 0 Å². The van der Waals surface area contributed by atoms with Gasteiger partial charge in [-0.3, -0.25) is 10.1 Å². The van der Waals surface area contributed by atoms with Crippen molar-refractivity contribution in [2.24, 2.45) is 0 Å². The lowest BCUT2D eigenvalue weighted by Gasteiger charge is -2.33. The molecule has 1 saturated carbocycles. The van der Waals surface area contributed by atoms with Crippen molar-refractivity contribution in [3.63, 3.8) is 0 Å². The number of methoxy groups -OCH3 is 1. The van der Waals surface area contributed by atoms with Crippen LogP contribution in [-0.2, 0) is 14.9 Å². The number of benzene rings is 1. The molecule has 0 saturated heterocycles. The second-order valence-corrected chi connectivity index (χ2v) is 7.53. The number of non-ortho nitro benzene ring substituents is 1. The van der Waals surface area contributed by atoms with E-state index in [0.717, 1.165) is 13.2 Å². The van der Waals surface area contributed by atoms with E-state index in [2.05, 4.69) is 4.74 Å². The van der Waals surface area contributed by atoms with Crippen LogP contribution < -0.4 is 4.18 Å². The maximum atomic E-state index is 12.3. The number of esters is 1. The average molecular weight is 341 g/mol. The zero-order chi connectivity index (χ0) is 16.8. The normalized spacial score (nSPS) is 24.7. The van der Waals surface area contributed by atoms with Gasteiger partial charge in [0.15, 0.2) is 5.75 Å². The van der Waals surface area contributed by atoms with Gasteiger partial charge < -0.3 is 8.92 Å². The molecule has 124 valence electrons. The van der Waals surface area contributed by atoms with Gasteiger partial charge in [0, 0.05) is 17.7 Å². The van der Waals surface area contributed by atoms with E-state index in [9.17, 15) is 23.3 Å². The molecule has 0 spiro atoms. The summed E-state index contributed by atoms with van der Waals surface area (Å²) in [7, 11) is -2.76. The fraction of sp³-hybridized carbons (Fsp3) is 0.500. The van der Waals surface area contributed by atoms with Gasteiger partial charge in [-0.2, -0.15) is 8.42 Å². The van der Waals surface area contributed by atoms with Crippen LogP contribution in [0.4, 0.5) is 5.69 Å². The zero-order valence-corrected chi connectivity index (χ0v) is 13.2. The minimum atomic E-state index is -3.88. The van der Waals surface area contributed by atoms with E-state index >= 15 is 0 Å². The first-order valence-corrected chi connectivity index (χ1v) is 8.64. The Labute approximate surface area is 132 Å². The molecular formula is C14H15NO7S. The lowest BCUT2D eigenvalue weighted by molar-refractivity contribution is -0.385. The highest BCUT2D eigenvalue weighted by molar-refractivity contribution is 7.87. The molecule has 0 amide bonds. The fourth-order valence-electron chi connectivity index (χ4n) is 3.25. The number of fused-ring (bicyclic) bond motifs is 3. The van der Waals surface area contributed by atoms with E-state index in [1.807, 2.05) is 0 Å². The van der Waals surface area contributed by atoms with E-state index in [-0.39, 0.29) is 22.9 Å². The van der Waals surface area contributed by atoms with E-state index < -0.39 is 26.3 Å². The second kappa shape index (κ2) is 5.48. The molecule has 0 aromatic heterocycles. The third kappa shape index (κ3) is 2.65. The number of carbonyl (C=O) groups excluding carboxylic acids is 1. The predicted molar refractivity (Wildman–Crippen MR) is 79.0 cm³/mol. The van der Waals surface area contributed by atoms with Gasteiger partial charge in [0.2, 0.25) is 0 Å². The lowest BCUT2D eigenvalue weighted by Crippen LogP contribution is -2.33. The van der Waals surface area contributed by atoms with Crippen molar-refractivity contribution in [3.8, 4) is 5.75 Å². The van der Waals surface area contributed by atoms with Gasteiger partial charge >= 0.3 is 16.1 Å². The number of nitro benzene ring substituents is 1. The topological polar surface area (TPSA) is 113 Å². The summed E-state index contributed by atoms with van der Waals surface area (Å²) in [6.45, 7) is 0. The molecule has 2 aliphatic heterocycles. The standard InChI is InChI=1S/C14H15NO7S/c1-21-14(16)12-7-9(15(17)18)6-11-8-2-4-10(5-3-8)23(19,20)22-13(11)12/h6-8,10H,2-5H2,1H3. The van der Waals surface area contributed by atoms with Gasteiger partial charge in [-0.25, -0.2) is 4.79 Å². The van der Waals surface area contributed by atoms with Gasteiger partial charge in [0.25, 0.3) is 5.69 Å². The Bertz CT molecular complexity index is 779. The minimum absolute atomic E-state index is 0.0694. The Hall–Kier alpha value is -2.16. The number of carbonyl (C=O) groups is 1. The molecule has 1 aromatic carbocycles. The highest BCUT2D eigenvalue weighted by Crippen LogP contribution is 2.46. The highest BCUT2D eigenvalue weighted by atomic mass is 32.2. The van der Waals surface area contributed by atoms with Crippen LogP contribution >= 0.6 is 0 Å². The molecule has 8 nitrogen and oxygen atoms in total. The summed E-state index contributed by atoms with van der Waals surface area (Å²) in [5.74, 6) is -1.06. The maximum Gasteiger partial charge on any atom is 0.341 e. The second-order valence-electron chi connectivity index (χ2n) is 5.71. The van der Waals surface area contributed by atoms with E-state index in [0.29, 0.717) is 31.2 Å². The Morgan fingerprint density at radius 1 is 1.30 bits per heavy atom. The number of rotatable bonds is 2. The molecule has 1 aromatic rings. The van der Waals surface area contributed by atoms with Gasteiger partial charge in [0.1, 0.15) is 5.56 Å². The molecule has 4 rings (SSSR count). The maximum absolute atomic E-state index is 12.3. The molecule has 2 bridgehead atoms. The SMILES string of the molecule is COC(=O)c1cc([N+](=O)[O-])cc2c1OS(=O)(=O)C1CCC2CC1. The first kappa shape index (κ1) is 15.7. The van der Waals surface area contributed by atoms with Crippen LogP contribution in [0.1, 0.15) is 47.5 Å². The molecular weight excluding hydrogens is 326 g/mol. The van der Waals surface area contributed by atoms with Crippen LogP contribution in [0.2, 0.25) is 0 Å². The van der Waals surface area contributed by atoms with E-state index in [1.165, 1.54) is 6.07 Å². The molecule has 0 unspecified atom stereocenters. The monoisotopic (exact) mass is 341 g/mol. The third-order valence-electron chi connectivity index (χ3n) is 4.44. The van der Waals surface area contributed by atoms with Crippen LogP contribution in [-0.4, -0.2) is 31.7 Å². The van der Waals surface area contributed by atoms with Crippen molar-refractivity contribution in [2.45, 2.75) is 36.9 Å². The molecule has 23 heavy (non-hydrogen) atoms. The van der Waals surface area contributed by atoms with Crippen LogP contribution in [0.3, 0.4) is 0 Å². The number of hydrogen-bond acceptors (Lipinski definition) is 7. The number of nitrogens with zero attached hydrogens (tertiary/aromatic N) is 1. The van der Waals surface area contributed by atoms with E-state index in [1.54, 1.807) is 0 Å². The van der Waals surface area contributed by atoms with Crippen molar-refractivity contribution >= 4 is 21.8 Å². The summed E-state index contributed by atoms with van der Waals surface area (Å²) in [6.07, 6.45) is 2.06. The molecule has 2 heterocycles. The summed E-state index contributed by atoms with van der Waals surface area (Å²) >= 11 is 0. The van der Waals surface area contributed by atoms with Crippen molar-refractivity contribution in [3.05, 3.63) is 33.4 Å². The summed E-state index contributed by atoms with van der Waals surface area (Å²) in [5.41, 5.74) is -0.123. The highest BCUT2D eigenvalue weighted by Gasteiger charge is 2.40. The molecule has 9 heteroatoms. The van der Waals surface area contributed by atoms with Crippen molar-refractivity contribution in [2.75, 3.05) is 7.11 Å². The summed E-state index contributed by atoms with van der Waals surface area (Å²) in [6, 6.07) is 2.29. The Morgan fingerprint density at radius 3 is 2.52 bits per heavy atom. The van der Waals surface area contributed by atoms with Gasteiger partial charge in [-0.05, 0) is 31.6 Å². The van der Waals surface area contributed by atoms with Gasteiger partial charge in [-0.1, -0.05) is 0 Å². The van der Waals surface area contributed by atoms with Crippen molar-refractivity contribution < 1.29 is 27.1 Å².